The molecule has 1 N–H and O–H groups in total. The molecule has 1 aliphatic heterocycles. The highest BCUT2D eigenvalue weighted by molar-refractivity contribution is 6.40. The minimum atomic E-state index is -0.874. The van der Waals surface area contributed by atoms with Crippen LogP contribution in [0.1, 0.15) is 17.3 Å². The van der Waals surface area contributed by atoms with Gasteiger partial charge in [-0.15, -0.1) is 0 Å². The van der Waals surface area contributed by atoms with Gasteiger partial charge in [-0.25, -0.2) is 14.4 Å². The molecule has 1 aliphatic rings. The molecule has 11 heteroatoms. The van der Waals surface area contributed by atoms with Crippen molar-refractivity contribution in [3.05, 3.63) is 54.8 Å². The standard InChI is InChI=1S/C16H13Cl2N3O6/c1-2-26-14(23)9-7-21(15(24)19-13(9)22)8-5-10(17)12(11(18)6-8)20-3-4-27-16(20)25/h5-7H,2-4H2,1H3,(H,19,22,24). The lowest BCUT2D eigenvalue weighted by molar-refractivity contribution is 0.0523. The van der Waals surface area contributed by atoms with Gasteiger partial charge in [-0.2, -0.15) is 0 Å². The van der Waals surface area contributed by atoms with Gasteiger partial charge < -0.3 is 9.47 Å². The molecule has 0 unspecified atom stereocenters. The highest BCUT2D eigenvalue weighted by atomic mass is 35.5. The van der Waals surface area contributed by atoms with Crippen molar-refractivity contribution in [1.82, 2.24) is 9.55 Å². The molecule has 2 heterocycles. The lowest BCUT2D eigenvalue weighted by atomic mass is 10.2. The molecule has 142 valence electrons. The van der Waals surface area contributed by atoms with E-state index in [2.05, 4.69) is 0 Å². The Bertz CT molecular complexity index is 1020. The third kappa shape index (κ3) is 3.56. The van der Waals surface area contributed by atoms with Crippen LogP contribution in [0, 0.1) is 0 Å². The minimum absolute atomic E-state index is 0.0652. The van der Waals surface area contributed by atoms with Crippen molar-refractivity contribution in [2.24, 2.45) is 0 Å². The molecule has 1 aromatic heterocycles. The molecule has 0 aliphatic carbocycles. The van der Waals surface area contributed by atoms with Crippen LogP contribution in [0.25, 0.3) is 5.69 Å². The van der Waals surface area contributed by atoms with E-state index in [9.17, 15) is 19.2 Å². The average molecular weight is 414 g/mol. The highest BCUT2D eigenvalue weighted by Gasteiger charge is 2.28. The van der Waals surface area contributed by atoms with Crippen molar-refractivity contribution in [1.29, 1.82) is 0 Å². The van der Waals surface area contributed by atoms with E-state index in [0.29, 0.717) is 0 Å². The minimum Gasteiger partial charge on any atom is -0.462 e. The second-order valence-electron chi connectivity index (χ2n) is 5.42. The van der Waals surface area contributed by atoms with Crippen LogP contribution in [0.3, 0.4) is 0 Å². The summed E-state index contributed by atoms with van der Waals surface area (Å²) in [5, 5.41) is 0.180. The Labute approximate surface area is 162 Å². The summed E-state index contributed by atoms with van der Waals surface area (Å²) in [6, 6.07) is 2.76. The predicted octanol–water partition coefficient (Wildman–Crippen LogP) is 1.97. The number of rotatable bonds is 4. The van der Waals surface area contributed by atoms with E-state index < -0.39 is 23.3 Å². The van der Waals surface area contributed by atoms with E-state index in [4.69, 9.17) is 32.7 Å². The van der Waals surface area contributed by atoms with E-state index in [1.54, 1.807) is 6.92 Å². The molecule has 0 radical (unpaired) electrons. The number of anilines is 1. The monoisotopic (exact) mass is 413 g/mol. The molecular formula is C16H13Cl2N3O6. The summed E-state index contributed by atoms with van der Waals surface area (Å²) in [5.74, 6) is -0.874. The Morgan fingerprint density at radius 2 is 1.93 bits per heavy atom. The molecule has 0 saturated carbocycles. The third-order valence-corrected chi connectivity index (χ3v) is 4.32. The van der Waals surface area contributed by atoms with Gasteiger partial charge in [-0.1, -0.05) is 23.2 Å². The first-order valence-corrected chi connectivity index (χ1v) is 8.56. The van der Waals surface area contributed by atoms with Crippen LogP contribution in [-0.2, 0) is 9.47 Å². The van der Waals surface area contributed by atoms with Crippen LogP contribution in [0.4, 0.5) is 10.5 Å². The zero-order valence-electron chi connectivity index (χ0n) is 14.0. The molecule has 1 fully saturated rings. The zero-order chi connectivity index (χ0) is 19.7. The summed E-state index contributed by atoms with van der Waals surface area (Å²) in [6.45, 7) is 2.14. The van der Waals surface area contributed by atoms with Gasteiger partial charge in [-0.05, 0) is 19.1 Å². The predicted molar refractivity (Wildman–Crippen MR) is 97.3 cm³/mol. The third-order valence-electron chi connectivity index (χ3n) is 3.75. The molecular weight excluding hydrogens is 401 g/mol. The summed E-state index contributed by atoms with van der Waals surface area (Å²) in [6.07, 6.45) is 0.461. The molecule has 1 saturated heterocycles. The molecule has 27 heavy (non-hydrogen) atoms. The van der Waals surface area contributed by atoms with Crippen molar-refractivity contribution in [3.8, 4) is 5.69 Å². The zero-order valence-corrected chi connectivity index (χ0v) is 15.5. The lowest BCUT2D eigenvalue weighted by Crippen LogP contribution is -2.33. The smallest absolute Gasteiger partial charge is 0.414 e. The SMILES string of the molecule is CCOC(=O)c1cn(-c2cc(Cl)c(N3CCOC3=O)c(Cl)c2)c(=O)[nH]c1=O. The number of hydrogen-bond donors (Lipinski definition) is 1. The Balaban J connectivity index is 2.11. The maximum Gasteiger partial charge on any atom is 0.414 e. The number of amides is 1. The second-order valence-corrected chi connectivity index (χ2v) is 6.23. The second kappa shape index (κ2) is 7.45. The largest absolute Gasteiger partial charge is 0.462 e. The molecule has 1 amide bonds. The van der Waals surface area contributed by atoms with Gasteiger partial charge in [0.15, 0.2) is 0 Å². The molecule has 0 atom stereocenters. The topological polar surface area (TPSA) is 111 Å². The summed E-state index contributed by atoms with van der Waals surface area (Å²) < 4.78 is 10.7. The molecule has 3 rings (SSSR count). The van der Waals surface area contributed by atoms with Crippen LogP contribution in [0.5, 0.6) is 0 Å². The number of aromatic nitrogens is 2. The molecule has 9 nitrogen and oxygen atoms in total. The Morgan fingerprint density at radius 3 is 2.48 bits per heavy atom. The van der Waals surface area contributed by atoms with Gasteiger partial charge >= 0.3 is 17.8 Å². The number of ether oxygens (including phenoxy) is 2. The number of carbonyl (C=O) groups excluding carboxylic acids is 2. The summed E-state index contributed by atoms with van der Waals surface area (Å²) >= 11 is 12.5. The van der Waals surface area contributed by atoms with Gasteiger partial charge in [0.2, 0.25) is 0 Å². The summed E-state index contributed by atoms with van der Waals surface area (Å²) in [5.41, 5.74) is -1.59. The van der Waals surface area contributed by atoms with Crippen LogP contribution in [0.15, 0.2) is 27.9 Å². The van der Waals surface area contributed by atoms with Crippen LogP contribution < -0.4 is 16.1 Å². The first-order chi connectivity index (χ1) is 12.8. The fourth-order valence-electron chi connectivity index (χ4n) is 2.56. The van der Waals surface area contributed by atoms with Crippen LogP contribution in [0.2, 0.25) is 10.0 Å². The number of nitrogens with zero attached hydrogens (tertiary/aromatic N) is 2. The molecule has 2 aromatic rings. The van der Waals surface area contributed by atoms with Gasteiger partial charge in [0.05, 0.1) is 34.6 Å². The Kier molecular flexibility index (Phi) is 5.24. The normalized spacial score (nSPS) is 13.6. The lowest BCUT2D eigenvalue weighted by Gasteiger charge is -2.18. The number of carbonyl (C=O) groups is 2. The van der Waals surface area contributed by atoms with E-state index in [1.165, 1.54) is 17.0 Å². The number of cyclic esters (lactones) is 1. The molecule has 1 aromatic carbocycles. The number of esters is 1. The number of halogens is 2. The van der Waals surface area contributed by atoms with E-state index in [-0.39, 0.29) is 46.7 Å². The van der Waals surface area contributed by atoms with Crippen molar-refractivity contribution < 1.29 is 19.1 Å². The van der Waals surface area contributed by atoms with Gasteiger partial charge in [-0.3, -0.25) is 19.2 Å². The van der Waals surface area contributed by atoms with Crippen LogP contribution in [-0.4, -0.2) is 41.4 Å². The van der Waals surface area contributed by atoms with Gasteiger partial charge in [0.1, 0.15) is 12.2 Å². The maximum absolute atomic E-state index is 12.2. The fraction of sp³-hybridized carbons (Fsp3) is 0.250. The van der Waals surface area contributed by atoms with Crippen molar-refractivity contribution in [3.63, 3.8) is 0 Å². The number of nitrogens with one attached hydrogen (secondary N) is 1. The fourth-order valence-corrected chi connectivity index (χ4v) is 3.24. The van der Waals surface area contributed by atoms with Gasteiger partial charge in [0.25, 0.3) is 5.56 Å². The number of hydrogen-bond acceptors (Lipinski definition) is 6. The van der Waals surface area contributed by atoms with E-state index in [1.807, 2.05) is 4.98 Å². The van der Waals surface area contributed by atoms with Crippen LogP contribution >= 0.6 is 23.2 Å². The van der Waals surface area contributed by atoms with Crippen molar-refractivity contribution in [2.75, 3.05) is 24.7 Å². The number of H-pyrrole nitrogens is 1. The molecule has 0 bridgehead atoms. The van der Waals surface area contributed by atoms with E-state index >= 15 is 0 Å². The number of benzene rings is 1. The Morgan fingerprint density at radius 1 is 1.26 bits per heavy atom. The summed E-state index contributed by atoms with van der Waals surface area (Å²) in [7, 11) is 0. The Hall–Kier alpha value is -2.78. The number of aromatic amines is 1. The van der Waals surface area contributed by atoms with Crippen molar-refractivity contribution >= 4 is 41.0 Å². The highest BCUT2D eigenvalue weighted by Crippen LogP contribution is 2.37. The average Bonchev–Trinajstić information content (AvgIpc) is 3.00. The first kappa shape index (κ1) is 19.0. The van der Waals surface area contributed by atoms with E-state index in [0.717, 1.165) is 10.8 Å². The van der Waals surface area contributed by atoms with Gasteiger partial charge in [0, 0.05) is 6.20 Å². The van der Waals surface area contributed by atoms with Crippen molar-refractivity contribution in [2.45, 2.75) is 6.92 Å². The quantitative estimate of drug-likeness (QED) is 0.766. The summed E-state index contributed by atoms with van der Waals surface area (Å²) in [4.78, 5) is 51.0. The maximum atomic E-state index is 12.2. The molecule has 0 spiro atoms. The first-order valence-electron chi connectivity index (χ1n) is 7.80.